The Hall–Kier alpha value is -3.23. The predicted octanol–water partition coefficient (Wildman–Crippen LogP) is 3.17. The minimum absolute atomic E-state index is 0.0412. The van der Waals surface area contributed by atoms with Gasteiger partial charge in [0.2, 0.25) is 5.95 Å². The van der Waals surface area contributed by atoms with Crippen LogP contribution in [0.1, 0.15) is 50.4 Å². The fourth-order valence-corrected chi connectivity index (χ4v) is 6.48. The fourth-order valence-electron chi connectivity index (χ4n) is 6.48. The van der Waals surface area contributed by atoms with Gasteiger partial charge in [0.25, 0.3) is 0 Å². The molecule has 0 radical (unpaired) electrons. The van der Waals surface area contributed by atoms with Crippen LogP contribution in [0.4, 0.5) is 10.7 Å². The summed E-state index contributed by atoms with van der Waals surface area (Å²) in [6.45, 7) is 2.90. The van der Waals surface area contributed by atoms with Crippen molar-refractivity contribution in [2.45, 2.75) is 57.0 Å². The number of nitrogens with zero attached hydrogens (tertiary/aromatic N) is 7. The van der Waals surface area contributed by atoms with Gasteiger partial charge in [-0.15, -0.1) is 0 Å². The maximum atomic E-state index is 11.9. The Morgan fingerprint density at radius 2 is 1.82 bits per heavy atom. The molecule has 1 saturated carbocycles. The molecule has 7 rings (SSSR count). The number of nitrogens with one attached hydrogen (secondary N) is 1. The number of pyridine rings is 1. The van der Waals surface area contributed by atoms with Crippen molar-refractivity contribution >= 4 is 23.1 Å². The number of imidazole rings is 1. The smallest absolute Gasteiger partial charge is 0.317 e. The lowest BCUT2D eigenvalue weighted by molar-refractivity contribution is 0.197. The van der Waals surface area contributed by atoms with Gasteiger partial charge in [-0.05, 0) is 37.3 Å². The van der Waals surface area contributed by atoms with Crippen LogP contribution in [0.15, 0.2) is 24.5 Å². The summed E-state index contributed by atoms with van der Waals surface area (Å²) in [5.41, 5.74) is 3.82. The number of amides is 2. The van der Waals surface area contributed by atoms with Crippen LogP contribution in [0.5, 0.6) is 0 Å². The van der Waals surface area contributed by atoms with Gasteiger partial charge in [-0.1, -0.05) is 19.3 Å². The summed E-state index contributed by atoms with van der Waals surface area (Å²) in [5.74, 6) is 2.67. The predicted molar refractivity (Wildman–Crippen MR) is 129 cm³/mol. The van der Waals surface area contributed by atoms with Crippen molar-refractivity contribution in [3.8, 4) is 11.3 Å². The molecular formula is C25H30N8O. The molecule has 4 aliphatic rings. The first-order chi connectivity index (χ1) is 16.7. The number of aromatic nitrogens is 5. The van der Waals surface area contributed by atoms with Crippen molar-refractivity contribution in [2.75, 3.05) is 31.1 Å². The minimum atomic E-state index is 0.0412. The number of hydrogen-bond donors (Lipinski definition) is 1. The highest BCUT2D eigenvalue weighted by atomic mass is 16.2. The Balaban J connectivity index is 1.15. The first-order valence-corrected chi connectivity index (χ1v) is 12.7. The molecule has 3 fully saturated rings. The molecule has 0 bridgehead atoms. The number of aryl methyl sites for hydroxylation is 1. The highest BCUT2D eigenvalue weighted by molar-refractivity contribution is 5.78. The summed E-state index contributed by atoms with van der Waals surface area (Å²) in [5, 5.41) is 2.92. The number of hydrogen-bond acceptors (Lipinski definition) is 6. The van der Waals surface area contributed by atoms with E-state index in [1.165, 1.54) is 44.3 Å². The summed E-state index contributed by atoms with van der Waals surface area (Å²) >= 11 is 0. The second-order valence-corrected chi connectivity index (χ2v) is 10.2. The quantitative estimate of drug-likeness (QED) is 0.648. The molecule has 6 heterocycles. The number of fused-ring (bicyclic) bond motifs is 4. The van der Waals surface area contributed by atoms with E-state index < -0.39 is 0 Å². The van der Waals surface area contributed by atoms with E-state index in [1.807, 2.05) is 23.4 Å². The van der Waals surface area contributed by atoms with E-state index >= 15 is 0 Å². The summed E-state index contributed by atoms with van der Waals surface area (Å²) in [4.78, 5) is 35.3. The average Bonchev–Trinajstić information content (AvgIpc) is 3.58. The van der Waals surface area contributed by atoms with Crippen molar-refractivity contribution in [2.24, 2.45) is 5.92 Å². The molecule has 9 nitrogen and oxygen atoms in total. The zero-order valence-electron chi connectivity index (χ0n) is 19.4. The van der Waals surface area contributed by atoms with Gasteiger partial charge >= 0.3 is 6.03 Å². The summed E-state index contributed by atoms with van der Waals surface area (Å²) in [7, 11) is 0. The van der Waals surface area contributed by atoms with E-state index in [9.17, 15) is 4.79 Å². The summed E-state index contributed by atoms with van der Waals surface area (Å²) in [6.07, 6.45) is 12.8. The molecule has 3 aromatic heterocycles. The van der Waals surface area contributed by atoms with Crippen LogP contribution in [-0.2, 0) is 6.42 Å². The van der Waals surface area contributed by atoms with Crippen LogP contribution in [0.2, 0.25) is 0 Å². The van der Waals surface area contributed by atoms with Gasteiger partial charge in [0.15, 0.2) is 5.65 Å². The molecule has 1 aliphatic carbocycles. The Morgan fingerprint density at radius 3 is 2.68 bits per heavy atom. The Kier molecular flexibility index (Phi) is 4.70. The largest absolute Gasteiger partial charge is 0.337 e. The number of carbonyl (C=O) groups excluding carboxylic acids is 1. The van der Waals surface area contributed by atoms with E-state index in [0.717, 1.165) is 47.8 Å². The van der Waals surface area contributed by atoms with Crippen molar-refractivity contribution in [1.29, 1.82) is 0 Å². The van der Waals surface area contributed by atoms with E-state index in [-0.39, 0.29) is 12.1 Å². The fraction of sp³-hybridized carbons (Fsp3) is 0.560. The Morgan fingerprint density at radius 1 is 0.971 bits per heavy atom. The normalized spacial score (nSPS) is 25.0. The monoisotopic (exact) mass is 458 g/mol. The highest BCUT2D eigenvalue weighted by Gasteiger charge is 2.36. The third-order valence-electron chi connectivity index (χ3n) is 8.25. The molecule has 3 aromatic rings. The number of carbonyl (C=O) groups is 1. The van der Waals surface area contributed by atoms with Crippen LogP contribution in [-0.4, -0.2) is 67.7 Å². The van der Waals surface area contributed by atoms with Gasteiger partial charge in [-0.3, -0.25) is 0 Å². The topological polar surface area (TPSA) is 92.1 Å². The van der Waals surface area contributed by atoms with Crippen LogP contribution in [0.3, 0.4) is 0 Å². The van der Waals surface area contributed by atoms with E-state index in [4.69, 9.17) is 9.97 Å². The molecule has 2 saturated heterocycles. The third kappa shape index (κ3) is 3.24. The van der Waals surface area contributed by atoms with E-state index in [0.29, 0.717) is 25.1 Å². The summed E-state index contributed by atoms with van der Waals surface area (Å²) < 4.78 is 2.44. The van der Waals surface area contributed by atoms with Crippen molar-refractivity contribution in [1.82, 2.24) is 34.7 Å². The first-order valence-electron chi connectivity index (χ1n) is 12.7. The molecule has 2 atom stereocenters. The van der Waals surface area contributed by atoms with Gasteiger partial charge in [-0.2, -0.15) is 0 Å². The van der Waals surface area contributed by atoms with Gasteiger partial charge in [0, 0.05) is 56.6 Å². The molecule has 34 heavy (non-hydrogen) atoms. The van der Waals surface area contributed by atoms with Gasteiger partial charge < -0.3 is 19.7 Å². The van der Waals surface area contributed by atoms with Crippen LogP contribution >= 0.6 is 0 Å². The van der Waals surface area contributed by atoms with Gasteiger partial charge in [0.05, 0.1) is 11.7 Å². The molecule has 176 valence electrons. The Labute approximate surface area is 198 Å². The lowest BCUT2D eigenvalue weighted by atomic mass is 9.83. The zero-order chi connectivity index (χ0) is 22.6. The first kappa shape index (κ1) is 20.2. The maximum absolute atomic E-state index is 11.9. The second-order valence-electron chi connectivity index (χ2n) is 10.2. The minimum Gasteiger partial charge on any atom is -0.337 e. The van der Waals surface area contributed by atoms with Crippen molar-refractivity contribution in [3.63, 3.8) is 0 Å². The average molecular weight is 459 g/mol. The molecule has 9 heteroatoms. The molecule has 2 amide bonds. The Bertz CT molecular complexity index is 1230. The third-order valence-corrected chi connectivity index (χ3v) is 8.25. The molecular weight excluding hydrogens is 428 g/mol. The number of urea groups is 1. The molecule has 0 aromatic carbocycles. The number of anilines is 1. The SMILES string of the molecule is O=C1NCC2CN(c3ncc(-c4ccc5nc6n(c5n4)C(C4CCCCC4)CC6)cn3)CCN12. The number of piperazine rings is 1. The molecule has 0 spiro atoms. The second kappa shape index (κ2) is 7.92. The lowest BCUT2D eigenvalue weighted by Gasteiger charge is -2.36. The maximum Gasteiger partial charge on any atom is 0.317 e. The van der Waals surface area contributed by atoms with Gasteiger partial charge in [0.1, 0.15) is 11.3 Å². The van der Waals surface area contributed by atoms with E-state index in [2.05, 4.69) is 30.8 Å². The summed E-state index contributed by atoms with van der Waals surface area (Å²) in [6, 6.07) is 4.90. The van der Waals surface area contributed by atoms with Crippen molar-refractivity contribution < 1.29 is 4.79 Å². The van der Waals surface area contributed by atoms with Gasteiger partial charge in [-0.25, -0.2) is 24.7 Å². The number of rotatable bonds is 3. The van der Waals surface area contributed by atoms with E-state index in [1.54, 1.807) is 0 Å². The van der Waals surface area contributed by atoms with Crippen LogP contribution < -0.4 is 10.2 Å². The van der Waals surface area contributed by atoms with Crippen LogP contribution in [0, 0.1) is 5.92 Å². The molecule has 2 unspecified atom stereocenters. The standard InChI is InChI=1S/C25H30N8O/c34-25-28-14-18-15-31(10-11-32(18)25)24-26-12-17(13-27-24)19-6-7-20-23(30-19)33-21(8-9-22(33)29-20)16-4-2-1-3-5-16/h6-7,12-13,16,18,21H,1-5,8-11,14-15H2,(H,28,34). The van der Waals surface area contributed by atoms with Crippen molar-refractivity contribution in [3.05, 3.63) is 30.4 Å². The molecule has 3 aliphatic heterocycles. The molecule has 1 N–H and O–H groups in total. The zero-order valence-corrected chi connectivity index (χ0v) is 19.4. The van der Waals surface area contributed by atoms with Crippen LogP contribution in [0.25, 0.3) is 22.4 Å². The highest BCUT2D eigenvalue weighted by Crippen LogP contribution is 2.41. The lowest BCUT2D eigenvalue weighted by Crippen LogP contribution is -2.52.